The molecule has 1 amide bonds. The number of carbonyl (C=O) groups excluding carboxylic acids is 1. The Labute approximate surface area is 127 Å². The number of nitrogens with zero attached hydrogens (tertiary/aromatic N) is 3. The lowest BCUT2D eigenvalue weighted by atomic mass is 10.2. The monoisotopic (exact) mass is 323 g/mol. The predicted octanol–water partition coefficient (Wildman–Crippen LogP) is 2.71. The maximum absolute atomic E-state index is 13.8. The van der Waals surface area contributed by atoms with E-state index in [0.29, 0.717) is 11.0 Å². The highest BCUT2D eigenvalue weighted by atomic mass is 35.5. The Morgan fingerprint density at radius 3 is 2.95 bits per heavy atom. The Bertz CT molecular complexity index is 853. The van der Waals surface area contributed by atoms with Gasteiger partial charge in [-0.2, -0.15) is 8.75 Å². The summed E-state index contributed by atoms with van der Waals surface area (Å²) in [4.78, 5) is 15.7. The molecule has 106 valence electrons. The third-order valence-electron chi connectivity index (χ3n) is 2.78. The molecule has 0 aliphatic heterocycles. The van der Waals surface area contributed by atoms with Crippen LogP contribution in [0.4, 0.5) is 15.9 Å². The molecule has 0 spiro atoms. The number of amides is 1. The van der Waals surface area contributed by atoms with Crippen LogP contribution in [0.25, 0.3) is 11.0 Å². The zero-order valence-electron chi connectivity index (χ0n) is 10.3. The summed E-state index contributed by atoms with van der Waals surface area (Å²) in [6.07, 6.45) is 1.25. The number of pyridine rings is 1. The third kappa shape index (κ3) is 2.39. The first kappa shape index (κ1) is 13.7. The van der Waals surface area contributed by atoms with Gasteiger partial charge in [-0.25, -0.2) is 9.37 Å². The van der Waals surface area contributed by atoms with Crippen LogP contribution in [0.2, 0.25) is 5.02 Å². The van der Waals surface area contributed by atoms with E-state index in [0.717, 1.165) is 11.7 Å². The lowest BCUT2D eigenvalue weighted by molar-refractivity contribution is 0.102. The molecule has 0 unspecified atom stereocenters. The number of nitrogens with two attached hydrogens (primary N) is 1. The van der Waals surface area contributed by atoms with Crippen LogP contribution in [-0.4, -0.2) is 19.6 Å². The number of benzene rings is 1. The summed E-state index contributed by atoms with van der Waals surface area (Å²) >= 11 is 7.04. The first-order chi connectivity index (χ1) is 10.1. The minimum atomic E-state index is -0.880. The number of nitrogens with one attached hydrogen (secondary N) is 1. The Hall–Kier alpha value is -2.32. The molecule has 3 N–H and O–H groups in total. The highest BCUT2D eigenvalue weighted by Gasteiger charge is 2.18. The van der Waals surface area contributed by atoms with Gasteiger partial charge in [-0.15, -0.1) is 0 Å². The number of hydrogen-bond donors (Lipinski definition) is 2. The molecular formula is C12H7ClFN5OS. The molecule has 3 aromatic rings. The SMILES string of the molecule is Nc1nccc(C(=O)Nc2c(Cl)ccc3nsnc23)c1F. The molecule has 9 heteroatoms. The summed E-state index contributed by atoms with van der Waals surface area (Å²) in [6, 6.07) is 4.49. The van der Waals surface area contributed by atoms with E-state index < -0.39 is 11.7 Å². The summed E-state index contributed by atoms with van der Waals surface area (Å²) in [6.45, 7) is 0. The molecule has 0 aliphatic carbocycles. The average molecular weight is 324 g/mol. The van der Waals surface area contributed by atoms with Gasteiger partial charge in [-0.05, 0) is 18.2 Å². The Balaban J connectivity index is 2.02. The van der Waals surface area contributed by atoms with Crippen LogP contribution in [0.5, 0.6) is 0 Å². The van der Waals surface area contributed by atoms with E-state index in [2.05, 4.69) is 19.0 Å². The number of hydrogen-bond acceptors (Lipinski definition) is 6. The molecule has 0 atom stereocenters. The Morgan fingerprint density at radius 1 is 1.33 bits per heavy atom. The Morgan fingerprint density at radius 2 is 2.14 bits per heavy atom. The van der Waals surface area contributed by atoms with E-state index in [1.807, 2.05) is 0 Å². The Kier molecular flexibility index (Phi) is 3.40. The largest absolute Gasteiger partial charge is 0.381 e. The van der Waals surface area contributed by atoms with E-state index in [1.54, 1.807) is 12.1 Å². The van der Waals surface area contributed by atoms with Crippen molar-refractivity contribution >= 4 is 51.8 Å². The van der Waals surface area contributed by atoms with Gasteiger partial charge in [0, 0.05) is 6.20 Å². The molecular weight excluding hydrogens is 317 g/mol. The van der Waals surface area contributed by atoms with Crippen LogP contribution in [0.3, 0.4) is 0 Å². The van der Waals surface area contributed by atoms with Crippen LogP contribution in [-0.2, 0) is 0 Å². The fraction of sp³-hybridized carbons (Fsp3) is 0. The molecule has 21 heavy (non-hydrogen) atoms. The molecule has 0 radical (unpaired) electrons. The topological polar surface area (TPSA) is 93.8 Å². The van der Waals surface area contributed by atoms with Crippen LogP contribution in [0.1, 0.15) is 10.4 Å². The van der Waals surface area contributed by atoms with Crippen molar-refractivity contribution in [3.05, 3.63) is 40.8 Å². The van der Waals surface area contributed by atoms with E-state index in [4.69, 9.17) is 17.3 Å². The number of fused-ring (bicyclic) bond motifs is 1. The molecule has 1 aromatic carbocycles. The summed E-state index contributed by atoms with van der Waals surface area (Å²) < 4.78 is 21.9. The summed E-state index contributed by atoms with van der Waals surface area (Å²) in [5.74, 6) is -1.92. The number of carbonyl (C=O) groups is 1. The van der Waals surface area contributed by atoms with E-state index >= 15 is 0 Å². The normalized spacial score (nSPS) is 10.8. The second-order valence-corrected chi connectivity index (χ2v) is 5.00. The van der Waals surface area contributed by atoms with Crippen LogP contribution >= 0.6 is 23.3 Å². The molecule has 2 heterocycles. The maximum atomic E-state index is 13.8. The van der Waals surface area contributed by atoms with Gasteiger partial charge in [-0.3, -0.25) is 4.79 Å². The fourth-order valence-electron chi connectivity index (χ4n) is 1.76. The molecule has 2 aromatic heterocycles. The number of nitrogen functional groups attached to an aromatic ring is 1. The minimum absolute atomic E-state index is 0.223. The van der Waals surface area contributed by atoms with Gasteiger partial charge < -0.3 is 11.1 Å². The zero-order valence-corrected chi connectivity index (χ0v) is 11.9. The van der Waals surface area contributed by atoms with Crippen molar-refractivity contribution in [3.63, 3.8) is 0 Å². The molecule has 0 saturated carbocycles. The average Bonchev–Trinajstić information content (AvgIpc) is 2.93. The van der Waals surface area contributed by atoms with Gasteiger partial charge in [-0.1, -0.05) is 11.6 Å². The van der Waals surface area contributed by atoms with Crippen molar-refractivity contribution in [1.29, 1.82) is 0 Å². The van der Waals surface area contributed by atoms with E-state index in [-0.39, 0.29) is 22.1 Å². The lowest BCUT2D eigenvalue weighted by Gasteiger charge is -2.08. The number of halogens is 2. The summed E-state index contributed by atoms with van der Waals surface area (Å²) in [7, 11) is 0. The molecule has 3 rings (SSSR count). The van der Waals surface area contributed by atoms with Gasteiger partial charge in [0.2, 0.25) is 0 Å². The van der Waals surface area contributed by atoms with E-state index in [1.165, 1.54) is 12.3 Å². The van der Waals surface area contributed by atoms with Gasteiger partial charge in [0.1, 0.15) is 11.0 Å². The summed E-state index contributed by atoms with van der Waals surface area (Å²) in [5, 5.41) is 2.82. The third-order valence-corrected chi connectivity index (χ3v) is 3.63. The molecule has 0 bridgehead atoms. The van der Waals surface area contributed by atoms with Crippen molar-refractivity contribution < 1.29 is 9.18 Å². The van der Waals surface area contributed by atoms with Crippen LogP contribution < -0.4 is 11.1 Å². The lowest BCUT2D eigenvalue weighted by Crippen LogP contribution is -2.15. The zero-order chi connectivity index (χ0) is 15.0. The highest BCUT2D eigenvalue weighted by Crippen LogP contribution is 2.30. The van der Waals surface area contributed by atoms with Crippen molar-refractivity contribution in [2.24, 2.45) is 0 Å². The predicted molar refractivity (Wildman–Crippen MR) is 79.0 cm³/mol. The second-order valence-electron chi connectivity index (χ2n) is 4.07. The van der Waals surface area contributed by atoms with Crippen molar-refractivity contribution in [1.82, 2.24) is 13.7 Å². The standard InChI is InChI=1S/C12H7ClFN5OS/c13-6-1-2-7-10(19-21-18-7)9(6)17-12(20)5-3-4-16-11(15)8(5)14/h1-4H,(H2,15,16)(H,17,20). The summed E-state index contributed by atoms with van der Waals surface area (Å²) in [5.41, 5.74) is 6.44. The molecule has 0 aliphatic rings. The fourth-order valence-corrected chi connectivity index (χ4v) is 2.50. The van der Waals surface area contributed by atoms with Crippen LogP contribution in [0, 0.1) is 5.82 Å². The van der Waals surface area contributed by atoms with Crippen molar-refractivity contribution in [3.8, 4) is 0 Å². The smallest absolute Gasteiger partial charge is 0.258 e. The van der Waals surface area contributed by atoms with Gasteiger partial charge >= 0.3 is 0 Å². The number of anilines is 2. The first-order valence-electron chi connectivity index (χ1n) is 5.70. The highest BCUT2D eigenvalue weighted by molar-refractivity contribution is 7.00. The van der Waals surface area contributed by atoms with Crippen LogP contribution in [0.15, 0.2) is 24.4 Å². The molecule has 0 fully saturated rings. The number of rotatable bonds is 2. The van der Waals surface area contributed by atoms with Gasteiger partial charge in [0.15, 0.2) is 11.6 Å². The maximum Gasteiger partial charge on any atom is 0.258 e. The van der Waals surface area contributed by atoms with E-state index in [9.17, 15) is 9.18 Å². The first-order valence-corrected chi connectivity index (χ1v) is 6.81. The van der Waals surface area contributed by atoms with Gasteiger partial charge in [0.05, 0.1) is 28.0 Å². The molecule has 6 nitrogen and oxygen atoms in total. The van der Waals surface area contributed by atoms with Crippen molar-refractivity contribution in [2.45, 2.75) is 0 Å². The second kappa shape index (κ2) is 5.23. The molecule has 0 saturated heterocycles. The number of aromatic nitrogens is 3. The van der Waals surface area contributed by atoms with Crippen molar-refractivity contribution in [2.75, 3.05) is 11.1 Å². The van der Waals surface area contributed by atoms with Gasteiger partial charge in [0.25, 0.3) is 5.91 Å². The minimum Gasteiger partial charge on any atom is -0.381 e. The quantitative estimate of drug-likeness (QED) is 0.756.